The van der Waals surface area contributed by atoms with Crippen LogP contribution in [0.1, 0.15) is 67.2 Å². The van der Waals surface area contributed by atoms with E-state index in [2.05, 4.69) is 29.8 Å². The normalized spacial score (nSPS) is 24.8. The summed E-state index contributed by atoms with van der Waals surface area (Å²) in [4.78, 5) is 14.1. The number of amides is 1. The summed E-state index contributed by atoms with van der Waals surface area (Å²) in [6.07, 6.45) is 4.71. The van der Waals surface area contributed by atoms with Gasteiger partial charge in [0.1, 0.15) is 5.60 Å². The third-order valence-electron chi connectivity index (χ3n) is 4.26. The molecule has 0 N–H and O–H groups in total. The fraction of sp³-hybridized carbons (Fsp3) is 0.944. The number of nitrogens with zero attached hydrogens (tertiary/aromatic N) is 1. The summed E-state index contributed by atoms with van der Waals surface area (Å²) in [5.74, 6) is 0.805. The van der Waals surface area contributed by atoms with E-state index < -0.39 is 11.2 Å². The Morgan fingerprint density at radius 1 is 1.17 bits per heavy atom. The molecule has 23 heavy (non-hydrogen) atoms. The SMILES string of the molecule is CCN(CC(C)(CBr)OC1CCC(C)CC1)C(=O)OC(C)(C)C. The van der Waals surface area contributed by atoms with Crippen molar-refractivity contribution in [3.8, 4) is 0 Å². The summed E-state index contributed by atoms with van der Waals surface area (Å²) in [7, 11) is 0. The fourth-order valence-corrected chi connectivity index (χ4v) is 3.21. The van der Waals surface area contributed by atoms with Gasteiger partial charge in [0, 0.05) is 11.9 Å². The van der Waals surface area contributed by atoms with Crippen molar-refractivity contribution in [3.63, 3.8) is 0 Å². The fourth-order valence-electron chi connectivity index (χ4n) is 2.90. The molecule has 0 aromatic carbocycles. The monoisotopic (exact) mass is 391 g/mol. The number of hydrogen-bond acceptors (Lipinski definition) is 3. The number of alkyl halides is 1. The van der Waals surface area contributed by atoms with Crippen molar-refractivity contribution < 1.29 is 14.3 Å². The minimum Gasteiger partial charge on any atom is -0.444 e. The summed E-state index contributed by atoms with van der Waals surface area (Å²) in [6, 6.07) is 0. The second kappa shape index (κ2) is 8.70. The molecule has 0 radical (unpaired) electrons. The van der Waals surface area contributed by atoms with E-state index in [9.17, 15) is 4.79 Å². The van der Waals surface area contributed by atoms with Crippen LogP contribution in [0.4, 0.5) is 4.79 Å². The van der Waals surface area contributed by atoms with Crippen molar-refractivity contribution in [1.82, 2.24) is 4.90 Å². The molecule has 5 heteroatoms. The van der Waals surface area contributed by atoms with Gasteiger partial charge in [0.2, 0.25) is 0 Å². The molecule has 0 aliphatic heterocycles. The van der Waals surface area contributed by atoms with E-state index in [1.165, 1.54) is 12.8 Å². The van der Waals surface area contributed by atoms with Crippen molar-refractivity contribution in [1.29, 1.82) is 0 Å². The number of halogens is 1. The van der Waals surface area contributed by atoms with E-state index >= 15 is 0 Å². The van der Waals surface area contributed by atoms with Gasteiger partial charge in [0.15, 0.2) is 0 Å². The van der Waals surface area contributed by atoms with E-state index in [-0.39, 0.29) is 6.09 Å². The van der Waals surface area contributed by atoms with Crippen LogP contribution in [0.25, 0.3) is 0 Å². The highest BCUT2D eigenvalue weighted by molar-refractivity contribution is 9.09. The lowest BCUT2D eigenvalue weighted by Crippen LogP contribution is -2.49. The summed E-state index contributed by atoms with van der Waals surface area (Å²) < 4.78 is 11.9. The molecule has 0 aromatic heterocycles. The Balaban J connectivity index is 2.65. The Bertz CT molecular complexity index is 375. The van der Waals surface area contributed by atoms with Gasteiger partial charge >= 0.3 is 6.09 Å². The van der Waals surface area contributed by atoms with E-state index in [1.807, 2.05) is 27.7 Å². The number of hydrogen-bond donors (Lipinski definition) is 0. The van der Waals surface area contributed by atoms with Gasteiger partial charge in [-0.25, -0.2) is 4.79 Å². The van der Waals surface area contributed by atoms with Crippen molar-refractivity contribution in [3.05, 3.63) is 0 Å². The summed E-state index contributed by atoms with van der Waals surface area (Å²) in [5, 5.41) is 0.700. The quantitative estimate of drug-likeness (QED) is 0.598. The Kier molecular flexibility index (Phi) is 7.85. The molecule has 1 rings (SSSR count). The van der Waals surface area contributed by atoms with Crippen LogP contribution in [0.3, 0.4) is 0 Å². The van der Waals surface area contributed by atoms with Gasteiger partial charge < -0.3 is 14.4 Å². The van der Waals surface area contributed by atoms with Crippen LogP contribution < -0.4 is 0 Å². The number of carbonyl (C=O) groups is 1. The zero-order valence-corrected chi connectivity index (χ0v) is 17.2. The van der Waals surface area contributed by atoms with Gasteiger partial charge in [-0.2, -0.15) is 0 Å². The lowest BCUT2D eigenvalue weighted by atomic mass is 9.88. The molecular formula is C18H34BrNO3. The minimum absolute atomic E-state index is 0.270. The number of carbonyl (C=O) groups excluding carboxylic acids is 1. The zero-order chi connectivity index (χ0) is 17.7. The van der Waals surface area contributed by atoms with Crippen molar-refractivity contribution in [2.45, 2.75) is 84.5 Å². The average Bonchev–Trinajstić information content (AvgIpc) is 2.45. The molecule has 4 nitrogen and oxygen atoms in total. The van der Waals surface area contributed by atoms with Crippen molar-refractivity contribution in [2.24, 2.45) is 5.92 Å². The van der Waals surface area contributed by atoms with Crippen LogP contribution in [0.5, 0.6) is 0 Å². The van der Waals surface area contributed by atoms with Crippen LogP contribution >= 0.6 is 15.9 Å². The van der Waals surface area contributed by atoms with Crippen LogP contribution in [0, 0.1) is 5.92 Å². The van der Waals surface area contributed by atoms with Gasteiger partial charge in [-0.15, -0.1) is 0 Å². The van der Waals surface area contributed by atoms with Crippen LogP contribution in [-0.2, 0) is 9.47 Å². The number of rotatable bonds is 6. The van der Waals surface area contributed by atoms with Gasteiger partial charge in [-0.1, -0.05) is 22.9 Å². The number of likely N-dealkylation sites (N-methyl/N-ethyl adjacent to an activating group) is 1. The second-order valence-corrected chi connectivity index (χ2v) is 8.64. The standard InChI is InChI=1S/C18H34BrNO3/c1-7-20(16(21)23-17(3,4)5)13-18(6,12-19)22-15-10-8-14(2)9-11-15/h14-15H,7-13H2,1-6H3. The lowest BCUT2D eigenvalue weighted by Gasteiger charge is -2.39. The Hall–Kier alpha value is -0.290. The van der Waals surface area contributed by atoms with Gasteiger partial charge in [-0.3, -0.25) is 0 Å². The summed E-state index contributed by atoms with van der Waals surface area (Å²) >= 11 is 3.58. The molecule has 1 fully saturated rings. The van der Waals surface area contributed by atoms with Crippen molar-refractivity contribution >= 4 is 22.0 Å². The Morgan fingerprint density at radius 3 is 2.17 bits per heavy atom. The van der Waals surface area contributed by atoms with E-state index in [1.54, 1.807) is 4.90 Å². The molecule has 1 aliphatic carbocycles. The maximum Gasteiger partial charge on any atom is 0.410 e. The topological polar surface area (TPSA) is 38.8 Å². The summed E-state index contributed by atoms with van der Waals surface area (Å²) in [5.41, 5.74) is -0.867. The lowest BCUT2D eigenvalue weighted by molar-refractivity contribution is -0.0976. The van der Waals surface area contributed by atoms with Gasteiger partial charge in [-0.05, 0) is 66.2 Å². The third-order valence-corrected chi connectivity index (χ3v) is 5.44. The van der Waals surface area contributed by atoms with E-state index in [0.717, 1.165) is 18.8 Å². The molecule has 1 saturated carbocycles. The molecule has 0 aromatic rings. The van der Waals surface area contributed by atoms with E-state index in [4.69, 9.17) is 9.47 Å². The zero-order valence-electron chi connectivity index (χ0n) is 15.7. The first kappa shape index (κ1) is 20.8. The minimum atomic E-state index is -0.477. The summed E-state index contributed by atoms with van der Waals surface area (Å²) in [6.45, 7) is 13.2. The van der Waals surface area contributed by atoms with E-state index in [0.29, 0.717) is 24.5 Å². The molecular weight excluding hydrogens is 358 g/mol. The molecule has 1 amide bonds. The first-order chi connectivity index (χ1) is 10.6. The predicted molar refractivity (Wildman–Crippen MR) is 98.2 cm³/mol. The first-order valence-electron chi connectivity index (χ1n) is 8.80. The highest BCUT2D eigenvalue weighted by Crippen LogP contribution is 2.30. The molecule has 1 unspecified atom stereocenters. The molecule has 0 saturated heterocycles. The largest absolute Gasteiger partial charge is 0.444 e. The Labute approximate surface area is 150 Å². The predicted octanol–water partition coefficient (Wildman–Crippen LogP) is 4.99. The molecule has 136 valence electrons. The highest BCUT2D eigenvalue weighted by Gasteiger charge is 2.34. The van der Waals surface area contributed by atoms with Crippen LogP contribution in [-0.4, -0.2) is 46.7 Å². The van der Waals surface area contributed by atoms with Gasteiger partial charge in [0.05, 0.1) is 18.2 Å². The van der Waals surface area contributed by atoms with Gasteiger partial charge in [0.25, 0.3) is 0 Å². The molecule has 1 atom stereocenters. The maximum absolute atomic E-state index is 12.4. The molecule has 0 bridgehead atoms. The molecule has 0 spiro atoms. The van der Waals surface area contributed by atoms with Crippen molar-refractivity contribution in [2.75, 3.05) is 18.4 Å². The molecule has 0 heterocycles. The highest BCUT2D eigenvalue weighted by atomic mass is 79.9. The second-order valence-electron chi connectivity index (χ2n) is 8.08. The number of ether oxygens (including phenoxy) is 2. The van der Waals surface area contributed by atoms with Crippen LogP contribution in [0.2, 0.25) is 0 Å². The third kappa shape index (κ3) is 7.42. The van der Waals surface area contributed by atoms with Crippen LogP contribution in [0.15, 0.2) is 0 Å². The average molecular weight is 392 g/mol. The Morgan fingerprint density at radius 2 is 1.74 bits per heavy atom. The first-order valence-corrected chi connectivity index (χ1v) is 9.92. The smallest absolute Gasteiger partial charge is 0.410 e. The maximum atomic E-state index is 12.4. The molecule has 1 aliphatic rings.